The van der Waals surface area contributed by atoms with Crippen LogP contribution in [0.15, 0.2) is 46.1 Å². The fourth-order valence-corrected chi connectivity index (χ4v) is 1.86. The minimum absolute atomic E-state index is 0.577. The van der Waals surface area contributed by atoms with Crippen molar-refractivity contribution in [1.82, 2.24) is 15.0 Å². The molecule has 0 aliphatic rings. The zero-order chi connectivity index (χ0) is 11.7. The van der Waals surface area contributed by atoms with Crippen LogP contribution in [-0.4, -0.2) is 21.2 Å². The average Bonchev–Trinajstić information content (AvgIpc) is 2.82. The van der Waals surface area contributed by atoms with Crippen molar-refractivity contribution in [3.8, 4) is 11.5 Å². The van der Waals surface area contributed by atoms with E-state index in [2.05, 4.69) is 15.0 Å². The highest BCUT2D eigenvalue weighted by atomic mass is 32.2. The molecule has 84 valence electrons. The van der Waals surface area contributed by atoms with Crippen LogP contribution >= 0.6 is 11.8 Å². The lowest BCUT2D eigenvalue weighted by molar-refractivity contribution is 0.617. The maximum atomic E-state index is 5.61. The molecule has 0 bridgehead atoms. The third-order valence-corrected chi connectivity index (χ3v) is 2.89. The summed E-state index contributed by atoms with van der Waals surface area (Å²) in [7, 11) is 0. The van der Waals surface area contributed by atoms with E-state index in [1.54, 1.807) is 6.20 Å². The molecule has 2 heterocycles. The van der Waals surface area contributed by atoms with Crippen molar-refractivity contribution in [2.45, 2.75) is 5.16 Å². The minimum atomic E-state index is 0.577. The van der Waals surface area contributed by atoms with Crippen molar-refractivity contribution in [2.75, 3.05) is 6.26 Å². The summed E-state index contributed by atoms with van der Waals surface area (Å²) in [5, 5.41) is 0.699. The van der Waals surface area contributed by atoms with Gasteiger partial charge in [-0.05, 0) is 18.4 Å². The number of thioether (sulfide) groups is 1. The Hall–Kier alpha value is -1.88. The van der Waals surface area contributed by atoms with Gasteiger partial charge in [0.25, 0.3) is 0 Å². The summed E-state index contributed by atoms with van der Waals surface area (Å²) in [4.78, 5) is 12.8. The topological polar surface area (TPSA) is 51.8 Å². The molecule has 4 nitrogen and oxygen atoms in total. The SMILES string of the molecule is CSc1ncc2oc(-c3ccccc3)nc2n1. The number of hydrogen-bond donors (Lipinski definition) is 0. The van der Waals surface area contributed by atoms with E-state index < -0.39 is 0 Å². The van der Waals surface area contributed by atoms with Gasteiger partial charge in [-0.25, -0.2) is 4.98 Å². The first-order valence-corrected chi connectivity index (χ1v) is 6.32. The van der Waals surface area contributed by atoms with Crippen LogP contribution in [0.2, 0.25) is 0 Å². The van der Waals surface area contributed by atoms with E-state index in [9.17, 15) is 0 Å². The van der Waals surface area contributed by atoms with E-state index in [1.165, 1.54) is 11.8 Å². The standard InChI is InChI=1S/C12H9N3OS/c1-17-12-13-7-9-10(15-12)14-11(16-9)8-5-3-2-4-6-8/h2-7H,1H3. The lowest BCUT2D eigenvalue weighted by atomic mass is 10.2. The molecule has 0 fully saturated rings. The van der Waals surface area contributed by atoms with Gasteiger partial charge in [0.15, 0.2) is 10.7 Å². The van der Waals surface area contributed by atoms with Gasteiger partial charge < -0.3 is 4.42 Å². The van der Waals surface area contributed by atoms with E-state index in [4.69, 9.17) is 4.42 Å². The molecule has 0 aliphatic carbocycles. The zero-order valence-electron chi connectivity index (χ0n) is 9.12. The smallest absolute Gasteiger partial charge is 0.228 e. The Morgan fingerprint density at radius 2 is 1.94 bits per heavy atom. The Morgan fingerprint density at radius 1 is 1.12 bits per heavy atom. The van der Waals surface area contributed by atoms with Gasteiger partial charge in [0, 0.05) is 5.56 Å². The molecular weight excluding hydrogens is 234 g/mol. The van der Waals surface area contributed by atoms with Gasteiger partial charge >= 0.3 is 0 Å². The molecule has 0 spiro atoms. The molecule has 3 rings (SSSR count). The maximum Gasteiger partial charge on any atom is 0.228 e. The predicted molar refractivity (Wildman–Crippen MR) is 66.8 cm³/mol. The van der Waals surface area contributed by atoms with Gasteiger partial charge in [-0.1, -0.05) is 30.0 Å². The largest absolute Gasteiger partial charge is 0.433 e. The van der Waals surface area contributed by atoms with Crippen LogP contribution in [0, 0.1) is 0 Å². The Balaban J connectivity index is 2.14. The van der Waals surface area contributed by atoms with Crippen LogP contribution in [0.4, 0.5) is 0 Å². The average molecular weight is 243 g/mol. The summed E-state index contributed by atoms with van der Waals surface area (Å²) in [5.41, 5.74) is 2.15. The van der Waals surface area contributed by atoms with Crippen molar-refractivity contribution in [1.29, 1.82) is 0 Å². The number of nitrogens with zero attached hydrogens (tertiary/aromatic N) is 3. The summed E-state index contributed by atoms with van der Waals surface area (Å²) < 4.78 is 5.61. The Labute approximate surface area is 102 Å². The molecule has 0 saturated carbocycles. The number of rotatable bonds is 2. The first-order valence-electron chi connectivity index (χ1n) is 5.10. The molecule has 0 aliphatic heterocycles. The predicted octanol–water partition coefficient (Wildman–Crippen LogP) is 3.01. The molecule has 2 aromatic heterocycles. The molecule has 0 saturated heterocycles. The Kier molecular flexibility index (Phi) is 2.53. The van der Waals surface area contributed by atoms with Gasteiger partial charge in [0.2, 0.25) is 11.5 Å². The van der Waals surface area contributed by atoms with Crippen LogP contribution in [0.3, 0.4) is 0 Å². The molecule has 0 radical (unpaired) electrons. The fourth-order valence-electron chi connectivity index (χ4n) is 1.52. The summed E-state index contributed by atoms with van der Waals surface area (Å²) in [6.45, 7) is 0. The third kappa shape index (κ3) is 1.89. The Morgan fingerprint density at radius 3 is 2.71 bits per heavy atom. The highest BCUT2D eigenvalue weighted by Crippen LogP contribution is 2.23. The first-order chi connectivity index (χ1) is 8.36. The first kappa shape index (κ1) is 10.3. The number of oxazole rings is 1. The lowest BCUT2D eigenvalue weighted by Gasteiger charge is -1.91. The van der Waals surface area contributed by atoms with Crippen LogP contribution in [0.1, 0.15) is 0 Å². The van der Waals surface area contributed by atoms with Gasteiger partial charge in [0.05, 0.1) is 6.20 Å². The molecule has 0 amide bonds. The maximum absolute atomic E-state index is 5.61. The summed E-state index contributed by atoms with van der Waals surface area (Å²) in [6, 6.07) is 9.76. The minimum Gasteiger partial charge on any atom is -0.433 e. The fraction of sp³-hybridized carbons (Fsp3) is 0.0833. The van der Waals surface area contributed by atoms with Crippen molar-refractivity contribution < 1.29 is 4.42 Å². The monoisotopic (exact) mass is 243 g/mol. The van der Waals surface area contributed by atoms with Crippen LogP contribution < -0.4 is 0 Å². The van der Waals surface area contributed by atoms with E-state index in [1.807, 2.05) is 36.6 Å². The second kappa shape index (κ2) is 4.18. The second-order valence-corrected chi connectivity index (χ2v) is 4.20. The number of aromatic nitrogens is 3. The number of benzene rings is 1. The van der Waals surface area contributed by atoms with E-state index in [0.717, 1.165) is 5.56 Å². The molecule has 0 atom stereocenters. The lowest BCUT2D eigenvalue weighted by Crippen LogP contribution is -1.84. The highest BCUT2D eigenvalue weighted by molar-refractivity contribution is 7.98. The Bertz CT molecular complexity index is 651. The van der Waals surface area contributed by atoms with Crippen LogP contribution in [-0.2, 0) is 0 Å². The molecule has 3 aromatic rings. The van der Waals surface area contributed by atoms with Gasteiger partial charge in [-0.2, -0.15) is 9.97 Å². The molecule has 0 unspecified atom stereocenters. The molecular formula is C12H9N3OS. The quantitative estimate of drug-likeness (QED) is 0.511. The van der Waals surface area contributed by atoms with Crippen molar-refractivity contribution in [3.05, 3.63) is 36.5 Å². The molecule has 0 N–H and O–H groups in total. The summed E-state index contributed by atoms with van der Waals surface area (Å²) in [5.74, 6) is 0.577. The van der Waals surface area contributed by atoms with Crippen LogP contribution in [0.5, 0.6) is 0 Å². The summed E-state index contributed by atoms with van der Waals surface area (Å²) >= 11 is 1.48. The number of hydrogen-bond acceptors (Lipinski definition) is 5. The van der Waals surface area contributed by atoms with E-state index >= 15 is 0 Å². The van der Waals surface area contributed by atoms with Crippen molar-refractivity contribution in [3.63, 3.8) is 0 Å². The van der Waals surface area contributed by atoms with Crippen LogP contribution in [0.25, 0.3) is 22.7 Å². The van der Waals surface area contributed by atoms with Crippen molar-refractivity contribution >= 4 is 23.0 Å². The molecule has 5 heteroatoms. The van der Waals surface area contributed by atoms with E-state index in [0.29, 0.717) is 22.3 Å². The third-order valence-electron chi connectivity index (χ3n) is 2.33. The second-order valence-electron chi connectivity index (χ2n) is 3.43. The molecule has 1 aromatic carbocycles. The highest BCUT2D eigenvalue weighted by Gasteiger charge is 2.09. The van der Waals surface area contributed by atoms with E-state index in [-0.39, 0.29) is 0 Å². The van der Waals surface area contributed by atoms with Gasteiger partial charge in [-0.15, -0.1) is 0 Å². The zero-order valence-corrected chi connectivity index (χ0v) is 9.94. The molecule has 17 heavy (non-hydrogen) atoms. The summed E-state index contributed by atoms with van der Waals surface area (Å²) in [6.07, 6.45) is 3.59. The van der Waals surface area contributed by atoms with Gasteiger partial charge in [-0.3, -0.25) is 0 Å². The van der Waals surface area contributed by atoms with Crippen molar-refractivity contribution in [2.24, 2.45) is 0 Å². The normalized spacial score (nSPS) is 10.9. The number of fused-ring (bicyclic) bond motifs is 1. The van der Waals surface area contributed by atoms with Gasteiger partial charge in [0.1, 0.15) is 0 Å².